The molecular weight excluding hydrogens is 440 g/mol. The summed E-state index contributed by atoms with van der Waals surface area (Å²) in [7, 11) is 0. The van der Waals surface area contributed by atoms with E-state index in [9.17, 15) is 9.18 Å². The summed E-state index contributed by atoms with van der Waals surface area (Å²) < 4.78 is 27.0. The number of likely N-dealkylation sites (tertiary alicyclic amines) is 1. The summed E-state index contributed by atoms with van der Waals surface area (Å²) in [6.45, 7) is 3.41. The topological polar surface area (TPSA) is 62.8 Å². The molecule has 1 amide bonds. The molecule has 29 heavy (non-hydrogen) atoms. The van der Waals surface area contributed by atoms with Gasteiger partial charge in [-0.15, -0.1) is 0 Å². The molecule has 2 N–H and O–H groups in total. The Morgan fingerprint density at radius 1 is 1.34 bits per heavy atom. The van der Waals surface area contributed by atoms with Crippen LogP contribution in [0, 0.1) is 0 Å². The van der Waals surface area contributed by atoms with Gasteiger partial charge in [-0.2, -0.15) is 0 Å². The number of rotatable bonds is 8. The fourth-order valence-electron chi connectivity index (χ4n) is 3.82. The van der Waals surface area contributed by atoms with E-state index in [1.165, 1.54) is 0 Å². The fraction of sp³-hybridized carbons (Fsp3) is 0.632. The molecule has 6 nitrogen and oxygen atoms in total. The van der Waals surface area contributed by atoms with Gasteiger partial charge in [-0.1, -0.05) is 23.2 Å². The second-order valence-electron chi connectivity index (χ2n) is 7.70. The van der Waals surface area contributed by atoms with Gasteiger partial charge in [0.2, 0.25) is 0 Å². The Morgan fingerprint density at radius 2 is 2.10 bits per heavy atom. The monoisotopic (exact) mass is 463 g/mol. The highest BCUT2D eigenvalue weighted by molar-refractivity contribution is 7.98. The smallest absolute Gasteiger partial charge is 0.264 e. The van der Waals surface area contributed by atoms with E-state index in [1.54, 1.807) is 12.1 Å². The predicted octanol–water partition coefficient (Wildman–Crippen LogP) is 3.52. The molecule has 0 radical (unpaired) electrons. The van der Waals surface area contributed by atoms with Crippen molar-refractivity contribution in [3.05, 3.63) is 22.2 Å². The lowest BCUT2D eigenvalue weighted by Gasteiger charge is -2.34. The molecule has 10 heteroatoms. The Bertz CT molecular complexity index is 741. The van der Waals surface area contributed by atoms with Crippen molar-refractivity contribution in [2.24, 2.45) is 0 Å². The molecule has 0 saturated carbocycles. The summed E-state index contributed by atoms with van der Waals surface area (Å²) in [5, 5.41) is 4.21. The number of fused-ring (bicyclic) bond motifs is 2. The van der Waals surface area contributed by atoms with Crippen LogP contribution in [-0.2, 0) is 14.3 Å². The Morgan fingerprint density at radius 3 is 2.83 bits per heavy atom. The molecule has 3 fully saturated rings. The molecule has 1 aromatic carbocycles. The van der Waals surface area contributed by atoms with Crippen molar-refractivity contribution in [2.75, 3.05) is 44.7 Å². The third kappa shape index (κ3) is 4.94. The molecule has 4 rings (SSSR count). The number of carbonyl (C=O) groups is 1. The van der Waals surface area contributed by atoms with Crippen molar-refractivity contribution in [1.29, 1.82) is 0 Å². The largest absolute Gasteiger partial charge is 0.383 e. The molecule has 0 aliphatic carbocycles. The number of hydrogen-bond acceptors (Lipinski definition) is 6. The summed E-state index contributed by atoms with van der Waals surface area (Å²) in [6, 6.07) is 3.52. The van der Waals surface area contributed by atoms with E-state index in [-0.39, 0.29) is 18.6 Å². The number of hydrogen-bond donors (Lipinski definition) is 2. The molecule has 160 valence electrons. The molecule has 0 spiro atoms. The molecule has 1 aromatic rings. The van der Waals surface area contributed by atoms with Crippen LogP contribution in [0.1, 0.15) is 19.3 Å². The molecule has 3 aliphatic rings. The maximum absolute atomic E-state index is 12.8. The van der Waals surface area contributed by atoms with Gasteiger partial charge >= 0.3 is 0 Å². The van der Waals surface area contributed by atoms with Crippen molar-refractivity contribution < 1.29 is 18.7 Å². The quantitative estimate of drug-likeness (QED) is 0.454. The lowest BCUT2D eigenvalue weighted by atomic mass is 9.95. The number of carbonyl (C=O) groups excluding carboxylic acids is 1. The van der Waals surface area contributed by atoms with Crippen molar-refractivity contribution >= 4 is 46.7 Å². The van der Waals surface area contributed by atoms with Crippen LogP contribution in [0.25, 0.3) is 0 Å². The minimum absolute atomic E-state index is 0.105. The summed E-state index contributed by atoms with van der Waals surface area (Å²) in [5.74, 6) is -0.194. The highest BCUT2D eigenvalue weighted by atomic mass is 35.5. The van der Waals surface area contributed by atoms with Gasteiger partial charge in [-0.3, -0.25) is 14.4 Å². The van der Waals surface area contributed by atoms with E-state index in [1.807, 2.05) is 0 Å². The van der Waals surface area contributed by atoms with Gasteiger partial charge in [0.25, 0.3) is 5.91 Å². The van der Waals surface area contributed by atoms with Gasteiger partial charge in [0, 0.05) is 37.5 Å². The van der Waals surface area contributed by atoms with Crippen LogP contribution >= 0.6 is 35.1 Å². The third-order valence-electron chi connectivity index (χ3n) is 5.48. The second kappa shape index (κ2) is 9.16. The zero-order valence-electron chi connectivity index (χ0n) is 15.9. The minimum Gasteiger partial charge on any atom is -0.383 e. The molecule has 0 aromatic heterocycles. The average Bonchev–Trinajstić information content (AvgIpc) is 2.98. The van der Waals surface area contributed by atoms with Crippen LogP contribution < -0.4 is 10.0 Å². The molecule has 3 aliphatic heterocycles. The SMILES string of the molecule is O=C(NSc1cc(Cl)c(NCCCN2CC(F)C2)c(Cl)c1)C12COC(CCO1)C2. The molecule has 2 bridgehead atoms. The van der Waals surface area contributed by atoms with Gasteiger partial charge in [-0.05, 0) is 36.9 Å². The zero-order chi connectivity index (χ0) is 20.4. The van der Waals surface area contributed by atoms with Crippen LogP contribution in [0.4, 0.5) is 10.1 Å². The van der Waals surface area contributed by atoms with E-state index in [4.69, 9.17) is 32.7 Å². The van der Waals surface area contributed by atoms with E-state index in [0.717, 1.165) is 36.2 Å². The number of halogens is 3. The fourth-order valence-corrected chi connectivity index (χ4v) is 5.32. The summed E-state index contributed by atoms with van der Waals surface area (Å²) in [5.41, 5.74) is -0.221. The van der Waals surface area contributed by atoms with E-state index >= 15 is 0 Å². The number of nitrogens with zero attached hydrogens (tertiary/aromatic N) is 1. The highest BCUT2D eigenvalue weighted by Crippen LogP contribution is 2.37. The third-order valence-corrected chi connectivity index (χ3v) is 6.84. The summed E-state index contributed by atoms with van der Waals surface area (Å²) in [6.07, 6.45) is 1.72. The highest BCUT2D eigenvalue weighted by Gasteiger charge is 2.50. The molecule has 3 heterocycles. The Kier molecular flexibility index (Phi) is 6.78. The van der Waals surface area contributed by atoms with E-state index in [2.05, 4.69) is 14.9 Å². The number of anilines is 1. The van der Waals surface area contributed by atoms with Crippen LogP contribution in [-0.4, -0.2) is 68.1 Å². The Labute approximate surface area is 183 Å². The van der Waals surface area contributed by atoms with Crippen molar-refractivity contribution in [3.8, 4) is 0 Å². The first-order valence-electron chi connectivity index (χ1n) is 9.77. The van der Waals surface area contributed by atoms with Crippen LogP contribution in [0.5, 0.6) is 0 Å². The van der Waals surface area contributed by atoms with Crippen LogP contribution in [0.15, 0.2) is 17.0 Å². The molecule has 3 saturated heterocycles. The molecular formula is C19H24Cl2FN3O3S. The number of alkyl halides is 1. The first-order chi connectivity index (χ1) is 13.9. The molecule has 2 atom stereocenters. The maximum Gasteiger partial charge on any atom is 0.264 e. The predicted molar refractivity (Wildman–Crippen MR) is 113 cm³/mol. The van der Waals surface area contributed by atoms with Crippen molar-refractivity contribution in [2.45, 2.75) is 42.0 Å². The van der Waals surface area contributed by atoms with Gasteiger partial charge < -0.3 is 14.8 Å². The van der Waals surface area contributed by atoms with E-state index in [0.29, 0.717) is 48.4 Å². The standard InChI is InChI=1S/C19H24Cl2FN3O3S/c20-15-6-14(29-24-18(26)19-8-13(27-11-19)2-5-28-19)7-16(21)17(15)23-3-1-4-25-9-12(22)10-25/h6-7,12-13,23H,1-5,8-11H2,(H,24,26). The number of ether oxygens (including phenoxy) is 2. The normalized spacial score (nSPS) is 26.9. The number of benzene rings is 1. The Balaban J connectivity index is 1.27. The lowest BCUT2D eigenvalue weighted by Crippen LogP contribution is -2.49. The van der Waals surface area contributed by atoms with Gasteiger partial charge in [0.1, 0.15) is 6.17 Å². The van der Waals surface area contributed by atoms with Crippen molar-refractivity contribution in [1.82, 2.24) is 9.62 Å². The minimum atomic E-state index is -0.885. The molecule has 2 unspecified atom stereocenters. The van der Waals surface area contributed by atoms with Gasteiger partial charge in [0.05, 0.1) is 35.1 Å². The zero-order valence-corrected chi connectivity index (χ0v) is 18.2. The maximum atomic E-state index is 12.8. The van der Waals surface area contributed by atoms with Gasteiger partial charge in [-0.25, -0.2) is 4.39 Å². The average molecular weight is 464 g/mol. The van der Waals surface area contributed by atoms with Gasteiger partial charge in [0.15, 0.2) is 5.60 Å². The lowest BCUT2D eigenvalue weighted by molar-refractivity contribution is -0.146. The van der Waals surface area contributed by atoms with Crippen LogP contribution in [0.3, 0.4) is 0 Å². The number of nitrogens with one attached hydrogen (secondary N) is 2. The summed E-state index contributed by atoms with van der Waals surface area (Å²) >= 11 is 13.9. The summed E-state index contributed by atoms with van der Waals surface area (Å²) in [4.78, 5) is 15.4. The van der Waals surface area contributed by atoms with E-state index < -0.39 is 11.8 Å². The van der Waals surface area contributed by atoms with Crippen molar-refractivity contribution in [3.63, 3.8) is 0 Å². The van der Waals surface area contributed by atoms with Crippen LogP contribution in [0.2, 0.25) is 10.0 Å². The number of amides is 1. The first-order valence-corrected chi connectivity index (χ1v) is 11.3. The first kappa shape index (κ1) is 21.5. The Hall–Kier alpha value is -0.770. The second-order valence-corrected chi connectivity index (χ2v) is 9.39.